The number of carbonyl (C=O) groups excluding carboxylic acids is 2. The molecule has 1 heterocycles. The number of hydrogen-bond acceptors (Lipinski definition) is 7. The number of nitrogens with one attached hydrogen (secondary N) is 2. The Kier molecular flexibility index (Phi) is 7.43. The van der Waals surface area contributed by atoms with Crippen LogP contribution < -0.4 is 14.8 Å². The third-order valence-electron chi connectivity index (χ3n) is 3.20. The molecule has 0 aliphatic rings. The topological polar surface area (TPSA) is 111 Å². The molecule has 28 heavy (non-hydrogen) atoms. The highest BCUT2D eigenvalue weighted by Crippen LogP contribution is 2.25. The van der Waals surface area contributed by atoms with Crippen LogP contribution >= 0.6 is 11.3 Å². The fraction of sp³-hybridized carbons (Fsp3) is 0.250. The van der Waals surface area contributed by atoms with Gasteiger partial charge in [0.05, 0.1) is 5.69 Å². The van der Waals surface area contributed by atoms with Crippen molar-refractivity contribution in [3.63, 3.8) is 0 Å². The van der Waals surface area contributed by atoms with Crippen molar-refractivity contribution >= 4 is 38.9 Å². The Hall–Kier alpha value is -2.57. The summed E-state index contributed by atoms with van der Waals surface area (Å²) in [6, 6.07) is 8.41. The number of carbonyl (C=O) groups is 2. The number of anilines is 1. The largest absolute Gasteiger partial charge is 0.452 e. The summed E-state index contributed by atoms with van der Waals surface area (Å²) in [5.41, 5.74) is -0.0332. The quantitative estimate of drug-likeness (QED) is 0.586. The molecule has 0 saturated carbocycles. The predicted molar refractivity (Wildman–Crippen MR) is 96.8 cm³/mol. The summed E-state index contributed by atoms with van der Waals surface area (Å²) in [6.45, 7) is -2.51. The van der Waals surface area contributed by atoms with E-state index >= 15 is 0 Å². The maximum atomic E-state index is 12.4. The summed E-state index contributed by atoms with van der Waals surface area (Å²) in [4.78, 5) is 23.9. The molecular formula is C16H16F2N2O6S2. The van der Waals surface area contributed by atoms with Crippen molar-refractivity contribution in [3.05, 3.63) is 41.8 Å². The minimum absolute atomic E-state index is 0.0294. The maximum Gasteiger partial charge on any atom is 0.387 e. The molecule has 1 amide bonds. The Labute approximate surface area is 163 Å². The second-order valence-corrected chi connectivity index (χ2v) is 8.19. The van der Waals surface area contributed by atoms with Crippen molar-refractivity contribution in [1.29, 1.82) is 0 Å². The van der Waals surface area contributed by atoms with E-state index in [4.69, 9.17) is 4.74 Å². The number of para-hydroxylation sites is 2. The number of rotatable bonds is 9. The molecule has 2 N–H and O–H groups in total. The van der Waals surface area contributed by atoms with Gasteiger partial charge >= 0.3 is 12.6 Å². The van der Waals surface area contributed by atoms with Crippen LogP contribution in [0.4, 0.5) is 14.5 Å². The van der Waals surface area contributed by atoms with Crippen molar-refractivity contribution in [2.45, 2.75) is 23.8 Å². The van der Waals surface area contributed by atoms with Gasteiger partial charge in [0.15, 0.2) is 6.10 Å². The van der Waals surface area contributed by atoms with Gasteiger partial charge in [-0.2, -0.15) is 13.5 Å². The molecule has 0 fully saturated rings. The van der Waals surface area contributed by atoms with E-state index in [0.29, 0.717) is 0 Å². The number of benzene rings is 1. The molecule has 12 heteroatoms. The molecule has 0 bridgehead atoms. The minimum atomic E-state index is -3.85. The number of sulfonamides is 1. The van der Waals surface area contributed by atoms with Gasteiger partial charge in [-0.3, -0.25) is 9.59 Å². The van der Waals surface area contributed by atoms with E-state index in [2.05, 4.69) is 14.8 Å². The molecule has 8 nitrogen and oxygen atoms in total. The number of esters is 1. The molecule has 1 aromatic carbocycles. The average molecular weight is 434 g/mol. The Bertz CT molecular complexity index is 919. The van der Waals surface area contributed by atoms with Crippen LogP contribution in [0.3, 0.4) is 0 Å². The number of ether oxygens (including phenoxy) is 2. The standard InChI is InChI=1S/C16H16F2N2O6S2/c1-10(15(22)20-11-5-2-3-6-12(11)26-16(17)18)25-13(21)9-19-28(23,24)14-7-4-8-27-14/h2-8,10,16,19H,9H2,1H3,(H,20,22). The lowest BCUT2D eigenvalue weighted by Gasteiger charge is -2.16. The van der Waals surface area contributed by atoms with Crippen LogP contribution in [-0.2, 0) is 24.3 Å². The second-order valence-electron chi connectivity index (χ2n) is 5.25. The monoisotopic (exact) mass is 434 g/mol. The molecule has 1 unspecified atom stereocenters. The average Bonchev–Trinajstić information content (AvgIpc) is 3.17. The maximum absolute atomic E-state index is 12.4. The van der Waals surface area contributed by atoms with E-state index in [1.807, 2.05) is 0 Å². The van der Waals surface area contributed by atoms with Gasteiger partial charge in [0.25, 0.3) is 15.9 Å². The number of halogens is 2. The van der Waals surface area contributed by atoms with E-state index in [1.54, 1.807) is 11.4 Å². The van der Waals surface area contributed by atoms with Crippen LogP contribution in [-0.4, -0.2) is 39.6 Å². The number of alkyl halides is 2. The van der Waals surface area contributed by atoms with Gasteiger partial charge in [0.1, 0.15) is 16.5 Å². The summed E-state index contributed by atoms with van der Waals surface area (Å²) in [5, 5.41) is 3.87. The van der Waals surface area contributed by atoms with Gasteiger partial charge in [-0.1, -0.05) is 18.2 Å². The van der Waals surface area contributed by atoms with Crippen molar-refractivity contribution < 1.29 is 36.3 Å². The summed E-state index contributed by atoms with van der Waals surface area (Å²) in [6.07, 6.45) is -1.31. The van der Waals surface area contributed by atoms with Crippen LogP contribution in [0.1, 0.15) is 6.92 Å². The van der Waals surface area contributed by atoms with Gasteiger partial charge < -0.3 is 14.8 Å². The first-order chi connectivity index (χ1) is 13.2. The molecule has 0 aliphatic carbocycles. The van der Waals surface area contributed by atoms with E-state index in [1.165, 1.54) is 37.3 Å². The molecule has 0 radical (unpaired) electrons. The van der Waals surface area contributed by atoms with Gasteiger partial charge in [-0.15, -0.1) is 11.3 Å². The van der Waals surface area contributed by atoms with Crippen LogP contribution in [0, 0.1) is 0 Å². The fourth-order valence-electron chi connectivity index (χ4n) is 1.94. The number of hydrogen-bond donors (Lipinski definition) is 2. The van der Waals surface area contributed by atoms with Crippen molar-refractivity contribution in [2.75, 3.05) is 11.9 Å². The molecule has 0 saturated heterocycles. The Morgan fingerprint density at radius 3 is 2.54 bits per heavy atom. The summed E-state index contributed by atoms with van der Waals surface area (Å²) < 4.78 is 59.9. The van der Waals surface area contributed by atoms with Crippen LogP contribution in [0.15, 0.2) is 46.0 Å². The zero-order chi connectivity index (χ0) is 20.7. The summed E-state index contributed by atoms with van der Waals surface area (Å²) in [7, 11) is -3.85. The van der Waals surface area contributed by atoms with E-state index < -0.39 is 41.2 Å². The molecule has 0 spiro atoms. The molecule has 1 atom stereocenters. The first kappa shape index (κ1) is 21.7. The van der Waals surface area contributed by atoms with Crippen LogP contribution in [0.5, 0.6) is 5.75 Å². The van der Waals surface area contributed by atoms with Crippen LogP contribution in [0.25, 0.3) is 0 Å². The fourth-order valence-corrected chi connectivity index (χ4v) is 3.94. The summed E-state index contributed by atoms with van der Waals surface area (Å²) in [5.74, 6) is -2.05. The third-order valence-corrected chi connectivity index (χ3v) is 6.00. The predicted octanol–water partition coefficient (Wildman–Crippen LogP) is 2.20. The minimum Gasteiger partial charge on any atom is -0.452 e. The molecule has 2 aromatic rings. The number of thiophene rings is 1. The zero-order valence-corrected chi connectivity index (χ0v) is 16.1. The van der Waals surface area contributed by atoms with E-state index in [9.17, 15) is 26.8 Å². The van der Waals surface area contributed by atoms with Crippen molar-refractivity contribution in [3.8, 4) is 5.75 Å². The highest BCUT2D eigenvalue weighted by atomic mass is 32.2. The van der Waals surface area contributed by atoms with Crippen LogP contribution in [0.2, 0.25) is 0 Å². The Morgan fingerprint density at radius 2 is 1.89 bits per heavy atom. The van der Waals surface area contributed by atoms with Gasteiger partial charge in [-0.05, 0) is 30.5 Å². The lowest BCUT2D eigenvalue weighted by Crippen LogP contribution is -2.35. The molecule has 0 aliphatic heterocycles. The Morgan fingerprint density at radius 1 is 1.18 bits per heavy atom. The van der Waals surface area contributed by atoms with Gasteiger partial charge in [0, 0.05) is 0 Å². The highest BCUT2D eigenvalue weighted by Gasteiger charge is 2.22. The molecular weight excluding hydrogens is 418 g/mol. The van der Waals surface area contributed by atoms with Gasteiger partial charge in [-0.25, -0.2) is 8.42 Å². The normalized spacial score (nSPS) is 12.4. The molecule has 1 aromatic heterocycles. The lowest BCUT2D eigenvalue weighted by atomic mass is 10.2. The van der Waals surface area contributed by atoms with E-state index in [0.717, 1.165) is 11.3 Å². The zero-order valence-electron chi connectivity index (χ0n) is 14.4. The second kappa shape index (κ2) is 9.57. The smallest absolute Gasteiger partial charge is 0.387 e. The third kappa shape index (κ3) is 6.25. The first-order valence-electron chi connectivity index (χ1n) is 7.76. The van der Waals surface area contributed by atoms with Crippen molar-refractivity contribution in [1.82, 2.24) is 4.72 Å². The van der Waals surface area contributed by atoms with Crippen molar-refractivity contribution in [2.24, 2.45) is 0 Å². The van der Waals surface area contributed by atoms with Gasteiger partial charge in [0.2, 0.25) is 0 Å². The number of amides is 1. The highest BCUT2D eigenvalue weighted by molar-refractivity contribution is 7.91. The first-order valence-corrected chi connectivity index (χ1v) is 10.1. The SMILES string of the molecule is CC(OC(=O)CNS(=O)(=O)c1cccs1)C(=O)Nc1ccccc1OC(F)F. The van der Waals surface area contributed by atoms with E-state index in [-0.39, 0.29) is 15.6 Å². The summed E-state index contributed by atoms with van der Waals surface area (Å²) >= 11 is 0.975. The lowest BCUT2D eigenvalue weighted by molar-refractivity contribution is -0.151. The molecule has 2 rings (SSSR count). The molecule has 152 valence electrons. The Balaban J connectivity index is 1.89.